The lowest BCUT2D eigenvalue weighted by Gasteiger charge is -2.34. The van der Waals surface area contributed by atoms with Gasteiger partial charge in [-0.3, -0.25) is 10.2 Å². The molecule has 0 radical (unpaired) electrons. The number of aromatic nitrogens is 1. The number of fused-ring (bicyclic) bond motifs is 2. The molecule has 0 amide bonds. The Bertz CT molecular complexity index is 1070. The summed E-state index contributed by atoms with van der Waals surface area (Å²) in [5, 5.41) is 15.2. The van der Waals surface area contributed by atoms with Crippen molar-refractivity contribution in [3.8, 4) is 0 Å². The molecule has 2 aromatic rings. The maximum atomic E-state index is 11.6. The van der Waals surface area contributed by atoms with Crippen LogP contribution >= 0.6 is 12.2 Å². The van der Waals surface area contributed by atoms with Gasteiger partial charge in [-0.2, -0.15) is 0 Å². The summed E-state index contributed by atoms with van der Waals surface area (Å²) in [7, 11) is 0. The molecule has 2 aliphatic rings. The topological polar surface area (TPSA) is 115 Å². The minimum atomic E-state index is -0.202. The Morgan fingerprint density at radius 1 is 1.25 bits per heavy atom. The Hall–Kier alpha value is -3.24. The number of esters is 1. The SMILES string of the molecule is CC(C)CC(=O)OCCNC(=S)Nc1ccc(C(=N)N=C(c2ccc[nH]2)N2C[C@@H]3CC[C@@H](C2)O3)cc1. The predicted molar refractivity (Wildman–Crippen MR) is 145 cm³/mol. The highest BCUT2D eigenvalue weighted by Gasteiger charge is 2.35. The second-order valence-corrected chi connectivity index (χ2v) is 9.92. The number of H-pyrrole nitrogens is 1. The van der Waals surface area contributed by atoms with Crippen molar-refractivity contribution in [3.63, 3.8) is 0 Å². The van der Waals surface area contributed by atoms with E-state index in [9.17, 15) is 4.79 Å². The Balaban J connectivity index is 1.32. The van der Waals surface area contributed by atoms with Crippen LogP contribution in [0, 0.1) is 11.3 Å². The number of hydrogen-bond acceptors (Lipinski definition) is 5. The standard InChI is InChI=1S/C26H34N6O3S/c1-17(2)14-23(33)34-13-12-29-26(36)30-19-7-5-18(6-8-19)24(27)31-25(22-4-3-11-28-22)32-15-20-9-10-21(16-32)35-20/h3-8,11,17,20-21,27-28H,9-10,12-16H2,1-2H3,(H2,29,30,36)/t20-,21-/m0/s1. The highest BCUT2D eigenvalue weighted by atomic mass is 32.1. The molecule has 0 spiro atoms. The summed E-state index contributed by atoms with van der Waals surface area (Å²) in [4.78, 5) is 21.8. The molecule has 4 N–H and O–H groups in total. The van der Waals surface area contributed by atoms with Crippen molar-refractivity contribution in [3.05, 3.63) is 53.9 Å². The number of ether oxygens (including phenoxy) is 2. The molecule has 2 atom stereocenters. The van der Waals surface area contributed by atoms with Crippen LogP contribution in [0.5, 0.6) is 0 Å². The molecule has 1 aromatic carbocycles. The van der Waals surface area contributed by atoms with Gasteiger partial charge in [0, 0.05) is 37.0 Å². The van der Waals surface area contributed by atoms with Gasteiger partial charge in [0.15, 0.2) is 16.8 Å². The van der Waals surface area contributed by atoms with E-state index in [1.165, 1.54) is 0 Å². The van der Waals surface area contributed by atoms with E-state index < -0.39 is 0 Å². The highest BCUT2D eigenvalue weighted by molar-refractivity contribution is 7.80. The van der Waals surface area contributed by atoms with Gasteiger partial charge >= 0.3 is 5.97 Å². The van der Waals surface area contributed by atoms with Gasteiger partial charge in [-0.1, -0.05) is 13.8 Å². The molecule has 36 heavy (non-hydrogen) atoms. The fourth-order valence-electron chi connectivity index (χ4n) is 4.34. The molecule has 0 unspecified atom stereocenters. The number of hydrogen-bond donors (Lipinski definition) is 4. The number of anilines is 1. The number of rotatable bonds is 8. The summed E-state index contributed by atoms with van der Waals surface area (Å²) >= 11 is 5.32. The molecular weight excluding hydrogens is 476 g/mol. The molecule has 2 saturated heterocycles. The second-order valence-electron chi connectivity index (χ2n) is 9.51. The van der Waals surface area contributed by atoms with E-state index in [0.29, 0.717) is 23.6 Å². The number of carbonyl (C=O) groups excluding carboxylic acids is 1. The maximum absolute atomic E-state index is 11.6. The summed E-state index contributed by atoms with van der Waals surface area (Å²) in [6, 6.07) is 11.3. The molecule has 2 fully saturated rings. The fraction of sp³-hybridized carbons (Fsp3) is 0.462. The molecule has 1 aromatic heterocycles. The molecule has 2 bridgehead atoms. The van der Waals surface area contributed by atoms with Gasteiger partial charge in [0.05, 0.1) is 24.4 Å². The zero-order valence-corrected chi connectivity index (χ0v) is 21.6. The number of thiocarbonyl (C=S) groups is 1. The molecule has 0 aliphatic carbocycles. The van der Waals surface area contributed by atoms with E-state index in [0.717, 1.165) is 43.1 Å². The molecule has 192 valence electrons. The van der Waals surface area contributed by atoms with Crippen molar-refractivity contribution < 1.29 is 14.3 Å². The van der Waals surface area contributed by atoms with E-state index in [1.54, 1.807) is 0 Å². The molecule has 0 saturated carbocycles. The van der Waals surface area contributed by atoms with Crippen LogP contribution in [0.3, 0.4) is 0 Å². The van der Waals surface area contributed by atoms with Crippen LogP contribution in [0.25, 0.3) is 0 Å². The minimum absolute atomic E-state index is 0.189. The average Bonchev–Trinajstić information content (AvgIpc) is 3.49. The first kappa shape index (κ1) is 25.8. The third kappa shape index (κ3) is 7.14. The van der Waals surface area contributed by atoms with E-state index >= 15 is 0 Å². The quantitative estimate of drug-likeness (QED) is 0.141. The first-order valence-electron chi connectivity index (χ1n) is 12.4. The summed E-state index contributed by atoms with van der Waals surface area (Å²) < 4.78 is 11.2. The van der Waals surface area contributed by atoms with Crippen molar-refractivity contribution in [1.29, 1.82) is 5.41 Å². The third-order valence-corrected chi connectivity index (χ3v) is 6.29. The van der Waals surface area contributed by atoms with Crippen LogP contribution in [0.2, 0.25) is 0 Å². The number of amidine groups is 2. The van der Waals surface area contributed by atoms with Crippen molar-refractivity contribution in [1.82, 2.24) is 15.2 Å². The van der Waals surface area contributed by atoms with Crippen molar-refractivity contribution in [2.45, 2.75) is 45.3 Å². The van der Waals surface area contributed by atoms with Crippen LogP contribution in [0.4, 0.5) is 5.69 Å². The monoisotopic (exact) mass is 510 g/mol. The van der Waals surface area contributed by atoms with Crippen LogP contribution < -0.4 is 10.6 Å². The number of likely N-dealkylation sites (tertiary alicyclic amines) is 1. The zero-order chi connectivity index (χ0) is 25.5. The van der Waals surface area contributed by atoms with E-state index in [2.05, 4.69) is 20.5 Å². The molecule has 2 aliphatic heterocycles. The molecular formula is C26H34N6O3S. The van der Waals surface area contributed by atoms with E-state index in [1.807, 2.05) is 56.4 Å². The van der Waals surface area contributed by atoms with Gasteiger partial charge in [-0.15, -0.1) is 0 Å². The summed E-state index contributed by atoms with van der Waals surface area (Å²) in [6.45, 7) is 6.21. The number of aliphatic imine (C=N–C) groups is 1. The first-order valence-corrected chi connectivity index (χ1v) is 12.8. The summed E-state index contributed by atoms with van der Waals surface area (Å²) in [5.41, 5.74) is 2.39. The molecule has 3 heterocycles. The maximum Gasteiger partial charge on any atom is 0.306 e. The van der Waals surface area contributed by atoms with E-state index in [4.69, 9.17) is 32.1 Å². The fourth-order valence-corrected chi connectivity index (χ4v) is 4.56. The van der Waals surface area contributed by atoms with Gasteiger partial charge in [0.25, 0.3) is 0 Å². The zero-order valence-electron chi connectivity index (χ0n) is 20.8. The second kappa shape index (κ2) is 12.1. The minimum Gasteiger partial charge on any atom is -0.464 e. The van der Waals surface area contributed by atoms with Crippen molar-refractivity contribution >= 4 is 40.7 Å². The number of benzene rings is 1. The van der Waals surface area contributed by atoms with Gasteiger partial charge in [0.1, 0.15) is 6.61 Å². The van der Waals surface area contributed by atoms with Crippen LogP contribution in [-0.4, -0.2) is 71.1 Å². The Labute approximate surface area is 217 Å². The largest absolute Gasteiger partial charge is 0.464 e. The average molecular weight is 511 g/mol. The predicted octanol–water partition coefficient (Wildman–Crippen LogP) is 3.53. The van der Waals surface area contributed by atoms with Crippen LogP contribution in [0.1, 0.15) is 44.4 Å². The van der Waals surface area contributed by atoms with Gasteiger partial charge < -0.3 is 30.0 Å². The molecule has 4 rings (SSSR count). The Kier molecular flexibility index (Phi) is 8.71. The normalized spacial score (nSPS) is 19.3. The lowest BCUT2D eigenvalue weighted by atomic mass is 10.1. The lowest BCUT2D eigenvalue weighted by Crippen LogP contribution is -2.46. The Morgan fingerprint density at radius 3 is 2.61 bits per heavy atom. The number of nitrogens with zero attached hydrogens (tertiary/aromatic N) is 2. The summed E-state index contributed by atoms with van der Waals surface area (Å²) in [6.07, 6.45) is 4.89. The third-order valence-electron chi connectivity index (χ3n) is 6.04. The first-order chi connectivity index (χ1) is 17.4. The van der Waals surface area contributed by atoms with Crippen molar-refractivity contribution in [2.24, 2.45) is 10.9 Å². The Morgan fingerprint density at radius 2 is 1.97 bits per heavy atom. The smallest absolute Gasteiger partial charge is 0.306 e. The van der Waals surface area contributed by atoms with Crippen LogP contribution in [0.15, 0.2) is 47.6 Å². The van der Waals surface area contributed by atoms with E-state index in [-0.39, 0.29) is 36.5 Å². The van der Waals surface area contributed by atoms with Crippen LogP contribution in [-0.2, 0) is 14.3 Å². The van der Waals surface area contributed by atoms with Gasteiger partial charge in [0.2, 0.25) is 0 Å². The van der Waals surface area contributed by atoms with Crippen molar-refractivity contribution in [2.75, 3.05) is 31.6 Å². The number of nitrogens with one attached hydrogen (secondary N) is 4. The molecule has 10 heteroatoms. The number of morpholine rings is 1. The summed E-state index contributed by atoms with van der Waals surface area (Å²) in [5.74, 6) is 1.03. The lowest BCUT2D eigenvalue weighted by molar-refractivity contribution is -0.144. The van der Waals surface area contributed by atoms with Gasteiger partial charge in [-0.25, -0.2) is 4.99 Å². The van der Waals surface area contributed by atoms with Gasteiger partial charge in [-0.05, 0) is 67.4 Å². The highest BCUT2D eigenvalue weighted by Crippen LogP contribution is 2.27. The number of carbonyl (C=O) groups is 1. The number of aromatic amines is 1. The molecule has 9 nitrogen and oxygen atoms in total.